The number of nitrogens with two attached hydrogens (primary N) is 1. The molecular formula is C15H25N3O3S. The van der Waals surface area contributed by atoms with Crippen LogP contribution < -0.4 is 10.5 Å². The molecule has 1 rings (SSSR count). The van der Waals surface area contributed by atoms with Gasteiger partial charge in [-0.3, -0.25) is 0 Å². The van der Waals surface area contributed by atoms with Gasteiger partial charge >= 0.3 is 6.03 Å². The smallest absolute Gasteiger partial charge is 0.321 e. The van der Waals surface area contributed by atoms with E-state index in [1.807, 2.05) is 27.7 Å². The van der Waals surface area contributed by atoms with E-state index in [1.165, 1.54) is 12.1 Å². The van der Waals surface area contributed by atoms with Crippen LogP contribution in [0.1, 0.15) is 27.7 Å². The van der Waals surface area contributed by atoms with E-state index < -0.39 is 10.0 Å². The lowest BCUT2D eigenvalue weighted by atomic mass is 10.1. The zero-order valence-corrected chi connectivity index (χ0v) is 14.4. The Balaban J connectivity index is 2.89. The van der Waals surface area contributed by atoms with Crippen LogP contribution in [0.4, 0.5) is 10.5 Å². The number of urea groups is 1. The molecule has 6 nitrogen and oxygen atoms in total. The molecule has 0 aliphatic heterocycles. The maximum Gasteiger partial charge on any atom is 0.321 e. The molecule has 2 amide bonds. The van der Waals surface area contributed by atoms with Gasteiger partial charge < -0.3 is 10.2 Å². The molecule has 3 N–H and O–H groups in total. The highest BCUT2D eigenvalue weighted by atomic mass is 32.2. The third-order valence-corrected chi connectivity index (χ3v) is 3.78. The van der Waals surface area contributed by atoms with Crippen molar-refractivity contribution < 1.29 is 13.2 Å². The number of benzene rings is 1. The second kappa shape index (κ2) is 7.60. The summed E-state index contributed by atoms with van der Waals surface area (Å²) < 4.78 is 22.7. The zero-order valence-electron chi connectivity index (χ0n) is 13.5. The molecule has 124 valence electrons. The molecule has 22 heavy (non-hydrogen) atoms. The van der Waals surface area contributed by atoms with Gasteiger partial charge in [0.1, 0.15) is 0 Å². The Labute approximate surface area is 132 Å². The van der Waals surface area contributed by atoms with Crippen LogP contribution in [-0.2, 0) is 10.0 Å². The lowest BCUT2D eigenvalue weighted by Crippen LogP contribution is -2.39. The van der Waals surface area contributed by atoms with Crippen molar-refractivity contribution in [3.63, 3.8) is 0 Å². The second-order valence-corrected chi connectivity index (χ2v) is 7.76. The fraction of sp³-hybridized carbons (Fsp3) is 0.533. The number of hydrogen-bond acceptors (Lipinski definition) is 3. The van der Waals surface area contributed by atoms with E-state index in [-0.39, 0.29) is 10.9 Å². The van der Waals surface area contributed by atoms with E-state index in [1.54, 1.807) is 17.0 Å². The van der Waals surface area contributed by atoms with Crippen LogP contribution in [0.15, 0.2) is 29.2 Å². The van der Waals surface area contributed by atoms with Crippen LogP contribution in [0.3, 0.4) is 0 Å². The van der Waals surface area contributed by atoms with Gasteiger partial charge in [-0.1, -0.05) is 33.8 Å². The number of carbonyl (C=O) groups excluding carboxylic acids is 1. The first-order chi connectivity index (χ1) is 10.1. The lowest BCUT2D eigenvalue weighted by molar-refractivity contribution is 0.196. The number of rotatable bonds is 6. The Kier molecular flexibility index (Phi) is 6.37. The summed E-state index contributed by atoms with van der Waals surface area (Å²) in [6.45, 7) is 9.45. The minimum atomic E-state index is -3.78. The first kappa shape index (κ1) is 18.4. The van der Waals surface area contributed by atoms with Gasteiger partial charge in [0.05, 0.1) is 4.90 Å². The predicted molar refractivity (Wildman–Crippen MR) is 88.1 cm³/mol. The average molecular weight is 327 g/mol. The van der Waals surface area contributed by atoms with Crippen molar-refractivity contribution in [3.05, 3.63) is 24.3 Å². The molecule has 7 heteroatoms. The summed E-state index contributed by atoms with van der Waals surface area (Å²) in [5, 5.41) is 7.83. The van der Waals surface area contributed by atoms with Gasteiger partial charge in [-0.2, -0.15) is 0 Å². The Morgan fingerprint density at radius 2 is 1.73 bits per heavy atom. The van der Waals surface area contributed by atoms with E-state index in [0.29, 0.717) is 30.6 Å². The Hall–Kier alpha value is -1.60. The lowest BCUT2D eigenvalue weighted by Gasteiger charge is -2.26. The van der Waals surface area contributed by atoms with Crippen molar-refractivity contribution >= 4 is 21.7 Å². The van der Waals surface area contributed by atoms with Gasteiger partial charge in [-0.25, -0.2) is 18.4 Å². The SMILES string of the molecule is CC(C)CN(CC(C)C)C(=O)Nc1cccc(S(N)(=O)=O)c1. The highest BCUT2D eigenvalue weighted by Crippen LogP contribution is 2.15. The number of carbonyl (C=O) groups is 1. The van der Waals surface area contributed by atoms with Gasteiger partial charge in [0.15, 0.2) is 0 Å². The van der Waals surface area contributed by atoms with Gasteiger partial charge in [0.2, 0.25) is 10.0 Å². The largest absolute Gasteiger partial charge is 0.324 e. The molecule has 0 heterocycles. The van der Waals surface area contributed by atoms with E-state index >= 15 is 0 Å². The van der Waals surface area contributed by atoms with Gasteiger partial charge in [0, 0.05) is 18.8 Å². The minimum Gasteiger partial charge on any atom is -0.324 e. The van der Waals surface area contributed by atoms with E-state index in [4.69, 9.17) is 5.14 Å². The topological polar surface area (TPSA) is 92.5 Å². The highest BCUT2D eigenvalue weighted by Gasteiger charge is 2.17. The van der Waals surface area contributed by atoms with Gasteiger partial charge in [-0.05, 0) is 30.0 Å². The van der Waals surface area contributed by atoms with Crippen LogP contribution in [-0.4, -0.2) is 32.4 Å². The summed E-state index contributed by atoms with van der Waals surface area (Å²) in [7, 11) is -3.78. The van der Waals surface area contributed by atoms with Crippen molar-refractivity contribution in [2.24, 2.45) is 17.0 Å². The summed E-state index contributed by atoms with van der Waals surface area (Å²) >= 11 is 0. The minimum absolute atomic E-state index is 0.0235. The Morgan fingerprint density at radius 3 is 2.18 bits per heavy atom. The molecule has 0 aliphatic rings. The number of hydrogen-bond donors (Lipinski definition) is 2. The molecule has 0 aromatic heterocycles. The number of sulfonamides is 1. The molecule has 0 spiro atoms. The standard InChI is InChI=1S/C15H25N3O3S/c1-11(2)9-18(10-12(3)4)15(19)17-13-6-5-7-14(8-13)22(16,20)21/h5-8,11-12H,9-10H2,1-4H3,(H,17,19)(H2,16,20,21). The maximum atomic E-state index is 12.4. The molecule has 1 aromatic carbocycles. The van der Waals surface area contributed by atoms with Crippen LogP contribution in [0.25, 0.3) is 0 Å². The Morgan fingerprint density at radius 1 is 1.18 bits per heavy atom. The molecule has 0 radical (unpaired) electrons. The normalized spacial score (nSPS) is 11.8. The molecule has 0 aliphatic carbocycles. The van der Waals surface area contributed by atoms with Crippen LogP contribution in [0.5, 0.6) is 0 Å². The van der Waals surface area contributed by atoms with Crippen LogP contribution in [0.2, 0.25) is 0 Å². The summed E-state index contributed by atoms with van der Waals surface area (Å²) in [6.07, 6.45) is 0. The summed E-state index contributed by atoms with van der Waals surface area (Å²) in [4.78, 5) is 14.1. The van der Waals surface area contributed by atoms with Gasteiger partial charge in [0.25, 0.3) is 0 Å². The summed E-state index contributed by atoms with van der Waals surface area (Å²) in [6, 6.07) is 5.69. The van der Waals surface area contributed by atoms with Crippen LogP contribution >= 0.6 is 0 Å². The van der Waals surface area contributed by atoms with E-state index in [2.05, 4.69) is 5.32 Å². The second-order valence-electron chi connectivity index (χ2n) is 6.20. The maximum absolute atomic E-state index is 12.4. The average Bonchev–Trinajstić information content (AvgIpc) is 2.36. The van der Waals surface area contributed by atoms with Crippen molar-refractivity contribution in [2.45, 2.75) is 32.6 Å². The fourth-order valence-electron chi connectivity index (χ4n) is 2.08. The number of anilines is 1. The van der Waals surface area contributed by atoms with E-state index in [0.717, 1.165) is 0 Å². The zero-order chi connectivity index (χ0) is 16.9. The first-order valence-corrected chi connectivity index (χ1v) is 8.83. The van der Waals surface area contributed by atoms with Crippen LogP contribution in [0, 0.1) is 11.8 Å². The monoisotopic (exact) mass is 327 g/mol. The number of amides is 2. The van der Waals surface area contributed by atoms with Crippen molar-refractivity contribution in [1.82, 2.24) is 4.90 Å². The summed E-state index contributed by atoms with van der Waals surface area (Å²) in [5.74, 6) is 0.695. The molecule has 1 aromatic rings. The fourth-order valence-corrected chi connectivity index (χ4v) is 2.63. The van der Waals surface area contributed by atoms with Crippen molar-refractivity contribution in [2.75, 3.05) is 18.4 Å². The predicted octanol–water partition coefficient (Wildman–Crippen LogP) is 2.48. The van der Waals surface area contributed by atoms with Gasteiger partial charge in [-0.15, -0.1) is 0 Å². The van der Waals surface area contributed by atoms with Crippen molar-refractivity contribution in [3.8, 4) is 0 Å². The first-order valence-electron chi connectivity index (χ1n) is 7.28. The molecule has 0 fully saturated rings. The van der Waals surface area contributed by atoms with E-state index in [9.17, 15) is 13.2 Å². The Bertz CT molecular complexity index is 602. The highest BCUT2D eigenvalue weighted by molar-refractivity contribution is 7.89. The molecule has 0 unspecified atom stereocenters. The number of nitrogens with one attached hydrogen (secondary N) is 1. The molecule has 0 atom stereocenters. The molecule has 0 saturated heterocycles. The molecule has 0 bridgehead atoms. The van der Waals surface area contributed by atoms with Crippen molar-refractivity contribution in [1.29, 1.82) is 0 Å². The third kappa shape index (κ3) is 6.03. The molecular weight excluding hydrogens is 302 g/mol. The number of nitrogens with zero attached hydrogens (tertiary/aromatic N) is 1. The quantitative estimate of drug-likeness (QED) is 0.840. The number of primary sulfonamides is 1. The molecule has 0 saturated carbocycles. The third-order valence-electron chi connectivity index (χ3n) is 2.87. The summed E-state index contributed by atoms with van der Waals surface area (Å²) in [5.41, 5.74) is 0.411.